The molecule has 1 fully saturated rings. The SMILES string of the molecule is CCC(C)COC1CCC1.OCCOCCO. The molecule has 0 aliphatic heterocycles. The fourth-order valence-corrected chi connectivity index (χ4v) is 1.19. The lowest BCUT2D eigenvalue weighted by molar-refractivity contribution is -0.0135. The zero-order chi connectivity index (χ0) is 12.9. The van der Waals surface area contributed by atoms with Crippen molar-refractivity contribution in [2.45, 2.75) is 45.6 Å². The number of hydrogen-bond acceptors (Lipinski definition) is 4. The first-order valence-corrected chi connectivity index (χ1v) is 6.65. The molecule has 0 amide bonds. The van der Waals surface area contributed by atoms with Crippen LogP contribution in [-0.4, -0.2) is 49.4 Å². The summed E-state index contributed by atoms with van der Waals surface area (Å²) < 4.78 is 10.3. The minimum atomic E-state index is 0.0278. The second kappa shape index (κ2) is 12.3. The Morgan fingerprint density at radius 1 is 1.18 bits per heavy atom. The Labute approximate surface area is 105 Å². The van der Waals surface area contributed by atoms with E-state index in [0.717, 1.165) is 12.5 Å². The van der Waals surface area contributed by atoms with Crippen molar-refractivity contribution in [1.29, 1.82) is 0 Å². The lowest BCUT2D eigenvalue weighted by Gasteiger charge is -2.26. The monoisotopic (exact) mass is 248 g/mol. The maximum Gasteiger partial charge on any atom is 0.0698 e. The van der Waals surface area contributed by atoms with Gasteiger partial charge in [-0.3, -0.25) is 0 Å². The Balaban J connectivity index is 0.000000325. The summed E-state index contributed by atoms with van der Waals surface area (Å²) in [4.78, 5) is 0. The van der Waals surface area contributed by atoms with Gasteiger partial charge in [-0.25, -0.2) is 0 Å². The van der Waals surface area contributed by atoms with Crippen molar-refractivity contribution in [3.05, 3.63) is 0 Å². The largest absolute Gasteiger partial charge is 0.394 e. The Morgan fingerprint density at radius 3 is 2.12 bits per heavy atom. The molecule has 2 N–H and O–H groups in total. The van der Waals surface area contributed by atoms with Crippen LogP contribution in [0.4, 0.5) is 0 Å². The van der Waals surface area contributed by atoms with E-state index in [1.807, 2.05) is 0 Å². The van der Waals surface area contributed by atoms with Crippen LogP contribution in [0.25, 0.3) is 0 Å². The number of aliphatic hydroxyl groups is 2. The number of rotatable bonds is 8. The number of aliphatic hydroxyl groups excluding tert-OH is 2. The third-order valence-electron chi connectivity index (χ3n) is 2.84. The van der Waals surface area contributed by atoms with Gasteiger partial charge in [0.2, 0.25) is 0 Å². The van der Waals surface area contributed by atoms with Gasteiger partial charge < -0.3 is 19.7 Å². The van der Waals surface area contributed by atoms with Crippen molar-refractivity contribution in [2.24, 2.45) is 5.92 Å². The highest BCUT2D eigenvalue weighted by molar-refractivity contribution is 4.69. The van der Waals surface area contributed by atoms with Gasteiger partial charge in [0.1, 0.15) is 0 Å². The Morgan fingerprint density at radius 2 is 1.76 bits per heavy atom. The predicted octanol–water partition coefficient (Wildman–Crippen LogP) is 1.59. The summed E-state index contributed by atoms with van der Waals surface area (Å²) in [5, 5.41) is 16.2. The average molecular weight is 248 g/mol. The van der Waals surface area contributed by atoms with Crippen LogP contribution in [0.2, 0.25) is 0 Å². The molecule has 0 saturated heterocycles. The van der Waals surface area contributed by atoms with E-state index in [9.17, 15) is 0 Å². The van der Waals surface area contributed by atoms with E-state index in [2.05, 4.69) is 18.6 Å². The van der Waals surface area contributed by atoms with Crippen molar-refractivity contribution in [3.63, 3.8) is 0 Å². The molecule has 1 aliphatic rings. The average Bonchev–Trinajstić information content (AvgIpc) is 2.28. The van der Waals surface area contributed by atoms with Crippen molar-refractivity contribution < 1.29 is 19.7 Å². The third kappa shape index (κ3) is 10.7. The Kier molecular flexibility index (Phi) is 12.2. The molecule has 0 heterocycles. The molecule has 4 heteroatoms. The van der Waals surface area contributed by atoms with Crippen molar-refractivity contribution in [3.8, 4) is 0 Å². The van der Waals surface area contributed by atoms with Gasteiger partial charge in [0.05, 0.1) is 32.5 Å². The first-order chi connectivity index (χ1) is 8.24. The van der Waals surface area contributed by atoms with E-state index >= 15 is 0 Å². The molecule has 1 rings (SSSR count). The smallest absolute Gasteiger partial charge is 0.0698 e. The molecule has 17 heavy (non-hydrogen) atoms. The molecule has 0 aromatic rings. The van der Waals surface area contributed by atoms with Gasteiger partial charge in [0.15, 0.2) is 0 Å². The molecule has 1 atom stereocenters. The van der Waals surface area contributed by atoms with E-state index in [1.165, 1.54) is 25.7 Å². The molecule has 0 radical (unpaired) electrons. The quantitative estimate of drug-likeness (QED) is 0.640. The van der Waals surface area contributed by atoms with Gasteiger partial charge in [-0.1, -0.05) is 20.3 Å². The topological polar surface area (TPSA) is 58.9 Å². The molecule has 0 bridgehead atoms. The Bertz CT molecular complexity index is 140. The fourth-order valence-electron chi connectivity index (χ4n) is 1.19. The minimum Gasteiger partial charge on any atom is -0.394 e. The maximum atomic E-state index is 8.09. The third-order valence-corrected chi connectivity index (χ3v) is 2.84. The van der Waals surface area contributed by atoms with Crippen molar-refractivity contribution in [1.82, 2.24) is 0 Å². The maximum absolute atomic E-state index is 8.09. The molecule has 104 valence electrons. The normalized spacial score (nSPS) is 16.9. The summed E-state index contributed by atoms with van der Waals surface area (Å²) in [7, 11) is 0. The van der Waals surface area contributed by atoms with Gasteiger partial charge in [0.25, 0.3) is 0 Å². The van der Waals surface area contributed by atoms with Gasteiger partial charge in [-0.15, -0.1) is 0 Å². The summed E-state index contributed by atoms with van der Waals surface area (Å²) >= 11 is 0. The highest BCUT2D eigenvalue weighted by Gasteiger charge is 2.17. The van der Waals surface area contributed by atoms with E-state index in [4.69, 9.17) is 14.9 Å². The van der Waals surface area contributed by atoms with E-state index in [1.54, 1.807) is 0 Å². The van der Waals surface area contributed by atoms with Crippen LogP contribution in [0.5, 0.6) is 0 Å². The first-order valence-electron chi connectivity index (χ1n) is 6.65. The lowest BCUT2D eigenvalue weighted by Crippen LogP contribution is -2.23. The summed E-state index contributed by atoms with van der Waals surface area (Å²) in [5.74, 6) is 0.751. The Hall–Kier alpha value is -0.160. The van der Waals surface area contributed by atoms with Crippen molar-refractivity contribution >= 4 is 0 Å². The van der Waals surface area contributed by atoms with Gasteiger partial charge >= 0.3 is 0 Å². The van der Waals surface area contributed by atoms with Crippen LogP contribution in [-0.2, 0) is 9.47 Å². The van der Waals surface area contributed by atoms with Crippen LogP contribution >= 0.6 is 0 Å². The van der Waals surface area contributed by atoms with Gasteiger partial charge in [-0.2, -0.15) is 0 Å². The molecule has 4 nitrogen and oxygen atoms in total. The van der Waals surface area contributed by atoms with Crippen molar-refractivity contribution in [2.75, 3.05) is 33.0 Å². The molecular weight excluding hydrogens is 220 g/mol. The zero-order valence-electron chi connectivity index (χ0n) is 11.2. The molecule has 1 saturated carbocycles. The fraction of sp³-hybridized carbons (Fsp3) is 1.00. The van der Waals surface area contributed by atoms with E-state index < -0.39 is 0 Å². The predicted molar refractivity (Wildman–Crippen MR) is 68.0 cm³/mol. The molecule has 0 spiro atoms. The van der Waals surface area contributed by atoms with Crippen LogP contribution in [0.3, 0.4) is 0 Å². The second-order valence-corrected chi connectivity index (χ2v) is 4.46. The van der Waals surface area contributed by atoms with Crippen LogP contribution in [0.15, 0.2) is 0 Å². The molecule has 1 aliphatic carbocycles. The molecular formula is C13H28O4. The first kappa shape index (κ1) is 16.8. The van der Waals surface area contributed by atoms with E-state index in [0.29, 0.717) is 19.3 Å². The van der Waals surface area contributed by atoms with Crippen LogP contribution in [0, 0.1) is 5.92 Å². The molecule has 0 aromatic heterocycles. The van der Waals surface area contributed by atoms with Gasteiger partial charge in [-0.05, 0) is 25.2 Å². The highest BCUT2D eigenvalue weighted by Crippen LogP contribution is 2.22. The molecule has 1 unspecified atom stereocenters. The standard InChI is InChI=1S/C9H18O.C4H10O3/c1-3-8(2)7-10-9-5-4-6-9;5-1-3-7-4-2-6/h8-9H,3-7H2,1-2H3;5-6H,1-4H2. The van der Waals surface area contributed by atoms with E-state index in [-0.39, 0.29) is 13.2 Å². The number of hydrogen-bond donors (Lipinski definition) is 2. The summed E-state index contributed by atoms with van der Waals surface area (Å²) in [5.41, 5.74) is 0. The lowest BCUT2D eigenvalue weighted by atomic mass is 9.96. The zero-order valence-corrected chi connectivity index (χ0v) is 11.2. The summed E-state index contributed by atoms with van der Waals surface area (Å²) in [6, 6.07) is 0. The summed E-state index contributed by atoms with van der Waals surface area (Å²) in [6.45, 7) is 6.13. The van der Waals surface area contributed by atoms with Crippen LogP contribution < -0.4 is 0 Å². The highest BCUT2D eigenvalue weighted by atomic mass is 16.5. The van der Waals surface area contributed by atoms with Crippen LogP contribution in [0.1, 0.15) is 39.5 Å². The molecule has 0 aromatic carbocycles. The van der Waals surface area contributed by atoms with Gasteiger partial charge in [0, 0.05) is 6.61 Å². The second-order valence-electron chi connectivity index (χ2n) is 4.46. The summed E-state index contributed by atoms with van der Waals surface area (Å²) in [6.07, 6.45) is 5.85. The minimum absolute atomic E-state index is 0.0278. The number of ether oxygens (including phenoxy) is 2.